The monoisotopic (exact) mass is 721 g/mol. The van der Waals surface area contributed by atoms with Gasteiger partial charge < -0.3 is 30.9 Å². The van der Waals surface area contributed by atoms with Crippen LogP contribution in [0.15, 0.2) is 127 Å². The number of methoxy groups -OCH3 is 2. The number of carboxylic acid groups (broad SMARTS) is 1. The lowest BCUT2D eigenvalue weighted by Crippen LogP contribution is -2.51. The van der Waals surface area contributed by atoms with E-state index in [4.69, 9.17) is 14.6 Å². The van der Waals surface area contributed by atoms with Crippen molar-refractivity contribution in [3.63, 3.8) is 0 Å². The van der Waals surface area contributed by atoms with Gasteiger partial charge in [0.05, 0.1) is 42.4 Å². The maximum atomic E-state index is 12.9. The second kappa shape index (κ2) is 15.8. The number of phenolic OH excluding ortho intramolecular Hbond substituents is 1. The SMILES string of the molecule is COc1cc(N=Nc2c(S(=O)(=O)O[NH3+])cc3ccc(N=C4C=CC(=C(O)O[NH3+])C=C4)cc3c2O)c(OC)cc1N=Nc1ccc(C(=O)O)cc1.[NH4+]. The second-order valence-electron chi connectivity index (χ2n) is 10.1. The molecule has 1 aliphatic rings. The van der Waals surface area contributed by atoms with Gasteiger partial charge in [0.2, 0.25) is 0 Å². The molecular weight excluding hydrogens is 688 g/mol. The van der Waals surface area contributed by atoms with Gasteiger partial charge in [0.25, 0.3) is 0 Å². The summed E-state index contributed by atoms with van der Waals surface area (Å²) < 4.78 is 41.2. The molecule has 0 heterocycles. The minimum Gasteiger partial charge on any atom is -0.505 e. The van der Waals surface area contributed by atoms with Crippen LogP contribution in [0.3, 0.4) is 0 Å². The van der Waals surface area contributed by atoms with Crippen LogP contribution in [-0.2, 0) is 19.2 Å². The minimum absolute atomic E-state index is 0. The van der Waals surface area contributed by atoms with E-state index in [1.165, 1.54) is 62.8 Å². The lowest BCUT2D eigenvalue weighted by Gasteiger charge is -2.11. The highest BCUT2D eigenvalue weighted by Gasteiger charge is 2.26. The van der Waals surface area contributed by atoms with E-state index in [1.54, 1.807) is 36.4 Å². The molecule has 4 aromatic carbocycles. The van der Waals surface area contributed by atoms with Crippen molar-refractivity contribution in [2.24, 2.45) is 25.4 Å². The van der Waals surface area contributed by atoms with Gasteiger partial charge in [-0.25, -0.2) is 9.79 Å². The molecule has 0 amide bonds. The summed E-state index contributed by atoms with van der Waals surface area (Å²) in [5.41, 5.74) is 1.63. The van der Waals surface area contributed by atoms with E-state index in [0.717, 1.165) is 0 Å². The molecule has 0 spiro atoms. The zero-order chi connectivity index (χ0) is 36.0. The molecule has 1 aliphatic carbocycles. The molecule has 0 radical (unpaired) electrons. The topological polar surface area (TPSA) is 302 Å². The van der Waals surface area contributed by atoms with Crippen molar-refractivity contribution in [1.82, 2.24) is 6.15 Å². The Labute approximate surface area is 289 Å². The third-order valence-electron chi connectivity index (χ3n) is 7.10. The van der Waals surface area contributed by atoms with Gasteiger partial charge in [0, 0.05) is 17.5 Å². The fourth-order valence-electron chi connectivity index (χ4n) is 4.57. The summed E-state index contributed by atoms with van der Waals surface area (Å²) in [6.45, 7) is 0. The first-order chi connectivity index (χ1) is 24.0. The highest BCUT2D eigenvalue weighted by Crippen LogP contribution is 2.45. The van der Waals surface area contributed by atoms with Crippen molar-refractivity contribution in [3.8, 4) is 17.2 Å². The predicted molar refractivity (Wildman–Crippen MR) is 183 cm³/mol. The van der Waals surface area contributed by atoms with Crippen molar-refractivity contribution in [2.75, 3.05) is 14.2 Å². The molecule has 5 rings (SSSR count). The van der Waals surface area contributed by atoms with Crippen LogP contribution in [0.2, 0.25) is 0 Å². The first-order valence-corrected chi connectivity index (χ1v) is 15.6. The highest BCUT2D eigenvalue weighted by atomic mass is 32.2. The number of aliphatic hydroxyl groups excluding tert-OH is 1. The number of phenols is 1. The Balaban J connectivity index is 0.00000583. The van der Waals surface area contributed by atoms with Gasteiger partial charge in [-0.2, -0.15) is 25.3 Å². The molecule has 0 saturated carbocycles. The van der Waals surface area contributed by atoms with E-state index < -0.39 is 32.4 Å². The van der Waals surface area contributed by atoms with Gasteiger partial charge in [-0.1, -0.05) is 10.4 Å². The van der Waals surface area contributed by atoms with Crippen LogP contribution < -0.4 is 27.4 Å². The van der Waals surface area contributed by atoms with Gasteiger partial charge >= 0.3 is 22.0 Å². The molecule has 51 heavy (non-hydrogen) atoms. The fourth-order valence-corrected chi connectivity index (χ4v) is 5.34. The third-order valence-corrected chi connectivity index (χ3v) is 8.26. The number of azo groups is 2. The van der Waals surface area contributed by atoms with Gasteiger partial charge in [-0.15, -0.1) is 15.3 Å². The zero-order valence-electron chi connectivity index (χ0n) is 27.3. The number of benzene rings is 4. The summed E-state index contributed by atoms with van der Waals surface area (Å²) in [6.07, 6.45) is 6.41. The Bertz CT molecular complexity index is 2270. The van der Waals surface area contributed by atoms with Crippen molar-refractivity contribution in [2.45, 2.75) is 4.90 Å². The molecular formula is C32H33N8O10S+3. The quantitative estimate of drug-likeness (QED) is 0.0644. The molecule has 4 aromatic rings. The second-order valence-corrected chi connectivity index (χ2v) is 11.7. The van der Waals surface area contributed by atoms with Crippen molar-refractivity contribution in [1.29, 1.82) is 0 Å². The van der Waals surface area contributed by atoms with Crippen LogP contribution in [-0.4, -0.2) is 49.6 Å². The summed E-state index contributed by atoms with van der Waals surface area (Å²) in [4.78, 5) is 19.7. The van der Waals surface area contributed by atoms with Crippen LogP contribution in [0, 0.1) is 0 Å². The lowest BCUT2D eigenvalue weighted by molar-refractivity contribution is -0.680. The Morgan fingerprint density at radius 1 is 0.765 bits per heavy atom. The molecule has 264 valence electrons. The molecule has 19 heteroatoms. The Kier molecular flexibility index (Phi) is 11.6. The van der Waals surface area contributed by atoms with Gasteiger partial charge in [-0.05, 0) is 72.2 Å². The first kappa shape index (κ1) is 37.3. The van der Waals surface area contributed by atoms with Crippen LogP contribution >= 0.6 is 0 Å². The largest absolute Gasteiger partial charge is 0.505 e. The molecule has 0 fully saturated rings. The summed E-state index contributed by atoms with van der Waals surface area (Å²) in [5, 5.41) is 47.3. The molecule has 0 unspecified atom stereocenters. The van der Waals surface area contributed by atoms with Gasteiger partial charge in [0.15, 0.2) is 5.75 Å². The number of hydrogen-bond acceptors (Lipinski definition) is 14. The number of ether oxygens (including phenoxy) is 2. The first-order valence-electron chi connectivity index (χ1n) is 14.2. The van der Waals surface area contributed by atoms with Gasteiger partial charge in [-0.3, -0.25) is 4.84 Å². The number of aromatic hydroxyl groups is 1. The number of rotatable bonds is 11. The molecule has 0 aliphatic heterocycles. The summed E-state index contributed by atoms with van der Waals surface area (Å²) in [5.74, 6) is 4.56. The van der Waals surface area contributed by atoms with E-state index in [-0.39, 0.29) is 45.9 Å². The molecule has 13 N–H and O–H groups in total. The number of carboxylic acids is 1. The Morgan fingerprint density at radius 2 is 1.35 bits per heavy atom. The predicted octanol–water partition coefficient (Wildman–Crippen LogP) is 5.47. The summed E-state index contributed by atoms with van der Waals surface area (Å²) in [6, 6.07) is 14.6. The van der Waals surface area contributed by atoms with Crippen molar-refractivity contribution in [3.05, 3.63) is 102 Å². The van der Waals surface area contributed by atoms with E-state index in [2.05, 4.69) is 46.4 Å². The molecule has 0 saturated heterocycles. The number of aliphatic hydroxyl groups is 1. The number of fused-ring (bicyclic) bond motifs is 1. The van der Waals surface area contributed by atoms with E-state index in [0.29, 0.717) is 28.0 Å². The number of carbonyl (C=O) groups is 1. The van der Waals surface area contributed by atoms with E-state index in [1.807, 2.05) is 0 Å². The standard InChI is InChI=1S/C32H27N7O10S.H3N/c1-46-26-16-25(27(47-2)15-24(26)37-36-21-10-3-17(4-11-21)31(41)42)38-39-29-28(50(44,45)49-34)13-19-7-12-22(14-23(19)30(29)40)35-20-8-5-18(6-9-20)32(43)48-33;/h3-16H,1-2,33-34H3,(H-2,35,36,37,38,39,40,41,42,43);1H3/p+3. The number of quaternary nitrogens is 3. The zero-order valence-corrected chi connectivity index (χ0v) is 28.2. The van der Waals surface area contributed by atoms with Crippen molar-refractivity contribution < 1.29 is 58.9 Å². The van der Waals surface area contributed by atoms with Crippen LogP contribution in [0.4, 0.5) is 28.4 Å². The average Bonchev–Trinajstić information content (AvgIpc) is 3.13. The lowest BCUT2D eigenvalue weighted by atomic mass is 10.1. The molecule has 0 aromatic heterocycles. The molecule has 0 atom stereocenters. The fraction of sp³-hybridized carbons (Fsp3) is 0.0625. The number of allylic oxidation sites excluding steroid dienone is 5. The molecule has 18 nitrogen and oxygen atoms in total. The maximum absolute atomic E-state index is 12.9. The van der Waals surface area contributed by atoms with Gasteiger partial charge in [0.1, 0.15) is 33.5 Å². The average molecular weight is 722 g/mol. The maximum Gasteiger partial charge on any atom is 0.347 e. The van der Waals surface area contributed by atoms with Crippen LogP contribution in [0.1, 0.15) is 10.4 Å². The van der Waals surface area contributed by atoms with E-state index >= 15 is 0 Å². The molecule has 0 bridgehead atoms. The Hall–Kier alpha value is -6.51. The van der Waals surface area contributed by atoms with Crippen LogP contribution in [0.25, 0.3) is 10.8 Å². The van der Waals surface area contributed by atoms with Crippen LogP contribution in [0.5, 0.6) is 17.2 Å². The van der Waals surface area contributed by atoms with Crippen molar-refractivity contribution >= 4 is 61.0 Å². The van der Waals surface area contributed by atoms with E-state index in [9.17, 15) is 23.4 Å². The number of nitrogens with zero attached hydrogens (tertiary/aromatic N) is 5. The number of hydrogen-bond donors (Lipinski definition) is 6. The summed E-state index contributed by atoms with van der Waals surface area (Å²) in [7, 11) is -1.76. The minimum atomic E-state index is -4.50. The Morgan fingerprint density at radius 3 is 1.90 bits per heavy atom. The third kappa shape index (κ3) is 8.21. The normalized spacial score (nSPS) is 12.7. The smallest absolute Gasteiger partial charge is 0.347 e. The summed E-state index contributed by atoms with van der Waals surface area (Å²) >= 11 is 0. The number of aromatic carboxylic acids is 1. The highest BCUT2D eigenvalue weighted by molar-refractivity contribution is 7.86. The number of aliphatic imine (C=N–C) groups is 1.